The molecule has 3 N–H and O–H groups in total. The molecule has 6 heteroatoms. The summed E-state index contributed by atoms with van der Waals surface area (Å²) in [4.78, 5) is 2.41. The molecule has 0 aliphatic carbocycles. The van der Waals surface area contributed by atoms with Crippen molar-refractivity contribution in [2.75, 3.05) is 32.8 Å². The predicted octanol–water partition coefficient (Wildman–Crippen LogP) is 1.07. The van der Waals surface area contributed by atoms with E-state index in [0.717, 1.165) is 55.9 Å². The molecule has 1 aliphatic heterocycles. The third kappa shape index (κ3) is 2.86. The molecule has 1 aromatic carbocycles. The Labute approximate surface area is 123 Å². The van der Waals surface area contributed by atoms with Crippen molar-refractivity contribution in [2.24, 2.45) is 10.9 Å². The van der Waals surface area contributed by atoms with Crippen LogP contribution in [0.5, 0.6) is 0 Å². The van der Waals surface area contributed by atoms with Gasteiger partial charge >= 0.3 is 0 Å². The van der Waals surface area contributed by atoms with Gasteiger partial charge in [-0.3, -0.25) is 4.90 Å². The minimum Gasteiger partial charge on any atom is -0.409 e. The Morgan fingerprint density at radius 2 is 2.05 bits per heavy atom. The van der Waals surface area contributed by atoms with Crippen LogP contribution in [0.1, 0.15) is 5.56 Å². The molecular weight excluding hydrogens is 268 g/mol. The van der Waals surface area contributed by atoms with Gasteiger partial charge in [-0.25, -0.2) is 0 Å². The van der Waals surface area contributed by atoms with E-state index in [-0.39, 0.29) is 5.84 Å². The minimum absolute atomic E-state index is 0.145. The van der Waals surface area contributed by atoms with E-state index in [0.29, 0.717) is 0 Å². The molecule has 0 atom stereocenters. The highest BCUT2D eigenvalue weighted by Crippen LogP contribution is 2.20. The van der Waals surface area contributed by atoms with Gasteiger partial charge in [0.25, 0.3) is 0 Å². The number of amidine groups is 1. The summed E-state index contributed by atoms with van der Waals surface area (Å²) in [7, 11) is 0. The number of morpholine rings is 1. The van der Waals surface area contributed by atoms with Crippen LogP contribution in [0.25, 0.3) is 10.9 Å². The Morgan fingerprint density at radius 1 is 1.24 bits per heavy atom. The number of hydrogen-bond acceptors (Lipinski definition) is 4. The molecule has 1 saturated heterocycles. The van der Waals surface area contributed by atoms with Crippen LogP contribution in [0.4, 0.5) is 0 Å². The molecule has 0 spiro atoms. The molecule has 21 heavy (non-hydrogen) atoms. The second-order valence-corrected chi connectivity index (χ2v) is 5.19. The van der Waals surface area contributed by atoms with E-state index in [9.17, 15) is 0 Å². The van der Waals surface area contributed by atoms with Crippen LogP contribution in [0.2, 0.25) is 0 Å². The number of benzene rings is 1. The SMILES string of the molecule is N/C(=N/O)c1cccc2c1ccn2CCN1CCOCC1. The molecule has 6 nitrogen and oxygen atoms in total. The average molecular weight is 288 g/mol. The van der Waals surface area contributed by atoms with Crippen LogP contribution in [0.15, 0.2) is 35.6 Å². The number of aromatic nitrogens is 1. The van der Waals surface area contributed by atoms with Gasteiger partial charge in [0, 0.05) is 48.8 Å². The first-order valence-corrected chi connectivity index (χ1v) is 7.15. The molecule has 0 unspecified atom stereocenters. The van der Waals surface area contributed by atoms with Gasteiger partial charge in [0.1, 0.15) is 0 Å². The molecule has 1 aromatic heterocycles. The lowest BCUT2D eigenvalue weighted by Gasteiger charge is -2.26. The van der Waals surface area contributed by atoms with Crippen LogP contribution in [-0.4, -0.2) is 53.4 Å². The maximum absolute atomic E-state index is 8.87. The summed E-state index contributed by atoms with van der Waals surface area (Å²) in [5.74, 6) is 0.145. The first-order valence-electron chi connectivity index (χ1n) is 7.15. The molecule has 112 valence electrons. The van der Waals surface area contributed by atoms with Crippen LogP contribution in [-0.2, 0) is 11.3 Å². The van der Waals surface area contributed by atoms with Gasteiger partial charge in [-0.05, 0) is 12.1 Å². The van der Waals surface area contributed by atoms with Crippen LogP contribution in [0.3, 0.4) is 0 Å². The van der Waals surface area contributed by atoms with E-state index >= 15 is 0 Å². The topological polar surface area (TPSA) is 76.0 Å². The molecule has 1 aliphatic rings. The molecule has 3 rings (SSSR count). The van der Waals surface area contributed by atoms with Crippen molar-refractivity contribution < 1.29 is 9.94 Å². The lowest BCUT2D eigenvalue weighted by atomic mass is 10.1. The second kappa shape index (κ2) is 6.15. The van der Waals surface area contributed by atoms with E-state index in [1.807, 2.05) is 18.2 Å². The molecule has 0 amide bonds. The van der Waals surface area contributed by atoms with Crippen LogP contribution < -0.4 is 5.73 Å². The maximum atomic E-state index is 8.87. The summed E-state index contributed by atoms with van der Waals surface area (Å²) in [5.41, 5.74) is 7.60. The molecule has 0 saturated carbocycles. The highest BCUT2D eigenvalue weighted by molar-refractivity contribution is 6.08. The van der Waals surface area contributed by atoms with E-state index in [1.165, 1.54) is 0 Å². The Balaban J connectivity index is 1.80. The minimum atomic E-state index is 0.145. The molecule has 1 fully saturated rings. The van der Waals surface area contributed by atoms with E-state index < -0.39 is 0 Å². The fourth-order valence-electron chi connectivity index (χ4n) is 2.77. The zero-order valence-electron chi connectivity index (χ0n) is 11.9. The Kier molecular flexibility index (Phi) is 4.08. The van der Waals surface area contributed by atoms with Gasteiger partial charge in [0.2, 0.25) is 0 Å². The van der Waals surface area contributed by atoms with Gasteiger partial charge in [0.15, 0.2) is 5.84 Å². The standard InChI is InChI=1S/C15H20N4O2/c16-15(17-20)13-2-1-3-14-12(13)4-5-19(14)7-6-18-8-10-21-11-9-18/h1-5,20H,6-11H2,(H2,16,17). The highest BCUT2D eigenvalue weighted by Gasteiger charge is 2.12. The lowest BCUT2D eigenvalue weighted by Crippen LogP contribution is -2.38. The summed E-state index contributed by atoms with van der Waals surface area (Å²) in [6.07, 6.45) is 2.05. The Morgan fingerprint density at radius 3 is 2.81 bits per heavy atom. The lowest BCUT2D eigenvalue weighted by molar-refractivity contribution is 0.0365. The smallest absolute Gasteiger partial charge is 0.170 e. The van der Waals surface area contributed by atoms with Gasteiger partial charge in [-0.2, -0.15) is 0 Å². The second-order valence-electron chi connectivity index (χ2n) is 5.19. The van der Waals surface area contributed by atoms with E-state index in [1.54, 1.807) is 0 Å². The van der Waals surface area contributed by atoms with Gasteiger partial charge in [-0.1, -0.05) is 17.3 Å². The van der Waals surface area contributed by atoms with Crippen molar-refractivity contribution >= 4 is 16.7 Å². The van der Waals surface area contributed by atoms with Crippen LogP contribution in [0, 0.1) is 0 Å². The number of hydrogen-bond donors (Lipinski definition) is 2. The maximum Gasteiger partial charge on any atom is 0.170 e. The van der Waals surface area contributed by atoms with Crippen molar-refractivity contribution in [1.82, 2.24) is 9.47 Å². The third-order valence-electron chi connectivity index (χ3n) is 3.96. The predicted molar refractivity (Wildman–Crippen MR) is 81.7 cm³/mol. The summed E-state index contributed by atoms with van der Waals surface area (Å²) in [6, 6.07) is 7.87. The average Bonchev–Trinajstić information content (AvgIpc) is 2.96. The Hall–Kier alpha value is -2.05. The summed E-state index contributed by atoms with van der Waals surface area (Å²) in [6.45, 7) is 5.55. The van der Waals surface area contributed by atoms with Crippen LogP contribution >= 0.6 is 0 Å². The molecular formula is C15H20N4O2. The number of ether oxygens (including phenoxy) is 1. The largest absolute Gasteiger partial charge is 0.409 e. The zero-order chi connectivity index (χ0) is 14.7. The molecule has 2 heterocycles. The zero-order valence-corrected chi connectivity index (χ0v) is 11.9. The quantitative estimate of drug-likeness (QED) is 0.382. The van der Waals surface area contributed by atoms with Crippen molar-refractivity contribution in [1.29, 1.82) is 0 Å². The van der Waals surface area contributed by atoms with Gasteiger partial charge < -0.3 is 20.2 Å². The fourth-order valence-corrected chi connectivity index (χ4v) is 2.77. The molecule has 0 bridgehead atoms. The number of rotatable bonds is 4. The summed E-state index contributed by atoms with van der Waals surface area (Å²) < 4.78 is 7.57. The number of nitrogens with two attached hydrogens (primary N) is 1. The normalized spacial score (nSPS) is 17.4. The van der Waals surface area contributed by atoms with Gasteiger partial charge in [0.05, 0.1) is 13.2 Å². The number of fused-ring (bicyclic) bond motifs is 1. The number of oxime groups is 1. The third-order valence-corrected chi connectivity index (χ3v) is 3.96. The van der Waals surface area contributed by atoms with Crippen molar-refractivity contribution in [3.05, 3.63) is 36.0 Å². The number of nitrogens with zero attached hydrogens (tertiary/aromatic N) is 3. The fraction of sp³-hybridized carbons (Fsp3) is 0.400. The van der Waals surface area contributed by atoms with Crippen molar-refractivity contribution in [2.45, 2.75) is 6.54 Å². The summed E-state index contributed by atoms with van der Waals surface area (Å²) in [5, 5.41) is 13.0. The Bertz CT molecular complexity index is 644. The van der Waals surface area contributed by atoms with Crippen molar-refractivity contribution in [3.8, 4) is 0 Å². The summed E-state index contributed by atoms with van der Waals surface area (Å²) >= 11 is 0. The first kappa shape index (κ1) is 13.9. The van der Waals surface area contributed by atoms with Gasteiger partial charge in [-0.15, -0.1) is 0 Å². The monoisotopic (exact) mass is 288 g/mol. The first-order chi connectivity index (χ1) is 10.3. The van der Waals surface area contributed by atoms with E-state index in [4.69, 9.17) is 15.7 Å². The highest BCUT2D eigenvalue weighted by atomic mass is 16.5. The van der Waals surface area contributed by atoms with E-state index in [2.05, 4.69) is 26.9 Å². The molecule has 0 radical (unpaired) electrons. The van der Waals surface area contributed by atoms with Crippen molar-refractivity contribution in [3.63, 3.8) is 0 Å². The molecule has 2 aromatic rings.